The van der Waals surface area contributed by atoms with Gasteiger partial charge in [-0.2, -0.15) is 0 Å². The molecule has 0 aromatic rings. The van der Waals surface area contributed by atoms with Crippen LogP contribution in [0.5, 0.6) is 0 Å². The van der Waals surface area contributed by atoms with Crippen LogP contribution in [0, 0.1) is 23.7 Å². The molecule has 1 saturated carbocycles. The fraction of sp³-hybridized carbons (Fsp3) is 0.917. The molecule has 1 aliphatic carbocycles. The first kappa shape index (κ1) is 26.0. The minimum atomic E-state index is -0.363. The topological polar surface area (TPSA) is 115 Å². The lowest BCUT2D eigenvalue weighted by molar-refractivity contribution is -0.146. The first-order valence-corrected chi connectivity index (χ1v) is 14.5. The first-order valence-electron chi connectivity index (χ1n) is 13.1. The Balaban J connectivity index is 1.18. The van der Waals surface area contributed by atoms with E-state index in [4.69, 9.17) is 16.3 Å². The predicted molar refractivity (Wildman–Crippen MR) is 136 cm³/mol. The van der Waals surface area contributed by atoms with Gasteiger partial charge in [-0.05, 0) is 50.9 Å². The van der Waals surface area contributed by atoms with E-state index < -0.39 is 0 Å². The van der Waals surface area contributed by atoms with Gasteiger partial charge in [0.15, 0.2) is 0 Å². The number of carbonyl (C=O) groups is 2. The standard InChI is InChI=1S/C24H40ClN5O4S/c1-12-5-15(16-7-21(25)27-9-19(16)34-2)17(8-26-12)22(32)29-24-28-18-4-3-13(6-20(18)35-24)23(33)30-10-14(31)11-30/h12-21,24,26-28,31H,3-11H2,1-2H3,(H,29,32)/t12?,13-,15?,16?,17?,18?,19?,20?,21?,24?/m0/s1. The Kier molecular flexibility index (Phi) is 8.18. The Hall–Kier alpha value is -0.620. The van der Waals surface area contributed by atoms with E-state index in [1.54, 1.807) is 23.8 Å². The number of nitrogens with zero attached hydrogens (tertiary/aromatic N) is 1. The molecule has 9 unspecified atom stereocenters. The molecule has 4 aliphatic heterocycles. The number of rotatable bonds is 5. The Labute approximate surface area is 217 Å². The van der Waals surface area contributed by atoms with Gasteiger partial charge in [-0.3, -0.25) is 20.2 Å². The molecule has 0 radical (unpaired) electrons. The molecule has 0 aromatic carbocycles. The van der Waals surface area contributed by atoms with Crippen LogP contribution >= 0.6 is 23.4 Å². The second-order valence-electron chi connectivity index (χ2n) is 11.1. The molecule has 5 aliphatic rings. The highest BCUT2D eigenvalue weighted by atomic mass is 35.5. The van der Waals surface area contributed by atoms with Gasteiger partial charge >= 0.3 is 0 Å². The van der Waals surface area contributed by atoms with Crippen molar-refractivity contribution >= 4 is 35.2 Å². The number of hydrogen-bond acceptors (Lipinski definition) is 8. The summed E-state index contributed by atoms with van der Waals surface area (Å²) in [5, 5.41) is 23.5. The zero-order valence-electron chi connectivity index (χ0n) is 20.6. The summed E-state index contributed by atoms with van der Waals surface area (Å²) in [5.74, 6) is 0.604. The van der Waals surface area contributed by atoms with Crippen molar-refractivity contribution in [3.63, 3.8) is 0 Å². The highest BCUT2D eigenvalue weighted by Gasteiger charge is 2.46. The number of halogens is 1. The van der Waals surface area contributed by atoms with Crippen molar-refractivity contribution in [2.45, 2.75) is 79.6 Å². The van der Waals surface area contributed by atoms with Crippen LogP contribution in [-0.4, -0.2) is 95.7 Å². The number of aliphatic hydroxyl groups is 1. The molecule has 10 atom stereocenters. The largest absolute Gasteiger partial charge is 0.389 e. The van der Waals surface area contributed by atoms with Crippen LogP contribution in [0.2, 0.25) is 0 Å². The predicted octanol–water partition coefficient (Wildman–Crippen LogP) is 0.267. The number of fused-ring (bicyclic) bond motifs is 1. The van der Waals surface area contributed by atoms with Crippen molar-refractivity contribution in [3.8, 4) is 0 Å². The number of methoxy groups -OCH3 is 1. The quantitative estimate of drug-likeness (QED) is 0.255. The van der Waals surface area contributed by atoms with Gasteiger partial charge in [0.2, 0.25) is 11.8 Å². The van der Waals surface area contributed by atoms with Gasteiger partial charge in [-0.1, -0.05) is 0 Å². The van der Waals surface area contributed by atoms with Crippen LogP contribution in [0.1, 0.15) is 39.0 Å². The number of hydrogen-bond donors (Lipinski definition) is 5. The van der Waals surface area contributed by atoms with Crippen LogP contribution in [0.25, 0.3) is 0 Å². The summed E-state index contributed by atoms with van der Waals surface area (Å²) in [6.45, 7) is 4.48. The third-order valence-corrected chi connectivity index (χ3v) is 10.5. The normalized spacial score (nSPS) is 44.4. The van der Waals surface area contributed by atoms with E-state index in [0.29, 0.717) is 43.5 Å². The van der Waals surface area contributed by atoms with Crippen molar-refractivity contribution in [1.82, 2.24) is 26.2 Å². The number of alkyl halides is 1. The second kappa shape index (κ2) is 11.0. The van der Waals surface area contributed by atoms with E-state index in [9.17, 15) is 14.7 Å². The summed E-state index contributed by atoms with van der Waals surface area (Å²) in [6.07, 6.45) is 4.04. The number of carbonyl (C=O) groups excluding carboxylic acids is 2. The molecule has 4 heterocycles. The van der Waals surface area contributed by atoms with Crippen LogP contribution < -0.4 is 21.3 Å². The lowest BCUT2D eigenvalue weighted by Crippen LogP contribution is -2.57. The van der Waals surface area contributed by atoms with Gasteiger partial charge < -0.3 is 25.4 Å². The van der Waals surface area contributed by atoms with Gasteiger partial charge in [0.05, 0.1) is 23.6 Å². The fourth-order valence-electron chi connectivity index (χ4n) is 6.78. The monoisotopic (exact) mass is 529 g/mol. The molecule has 9 nitrogen and oxygen atoms in total. The van der Waals surface area contributed by atoms with Crippen molar-refractivity contribution < 1.29 is 19.4 Å². The van der Waals surface area contributed by atoms with Crippen LogP contribution in [0.4, 0.5) is 0 Å². The van der Waals surface area contributed by atoms with Gasteiger partial charge in [-0.25, -0.2) is 0 Å². The summed E-state index contributed by atoms with van der Waals surface area (Å²) < 4.78 is 5.80. The SMILES string of the molecule is COC1CNC(Cl)CC1C1CC(C)NCC1C(=O)NC1NC2CC[C@H](C(=O)N3CC(O)C3)CC2S1. The smallest absolute Gasteiger partial charge is 0.226 e. The minimum Gasteiger partial charge on any atom is -0.389 e. The van der Waals surface area contributed by atoms with E-state index >= 15 is 0 Å². The van der Waals surface area contributed by atoms with Crippen molar-refractivity contribution in [2.24, 2.45) is 23.7 Å². The van der Waals surface area contributed by atoms with Gasteiger partial charge in [0, 0.05) is 56.5 Å². The van der Waals surface area contributed by atoms with E-state index in [1.807, 2.05) is 0 Å². The second-order valence-corrected chi connectivity index (χ2v) is 13.0. The highest BCUT2D eigenvalue weighted by Crippen LogP contribution is 2.41. The zero-order chi connectivity index (χ0) is 24.7. The lowest BCUT2D eigenvalue weighted by Gasteiger charge is -2.45. The molecule has 2 amide bonds. The molecule has 4 saturated heterocycles. The average Bonchev–Trinajstić information content (AvgIpc) is 3.22. The summed E-state index contributed by atoms with van der Waals surface area (Å²) in [4.78, 5) is 28.1. The Morgan fingerprint density at radius 3 is 2.66 bits per heavy atom. The molecular formula is C24H40ClN5O4S. The molecule has 35 heavy (non-hydrogen) atoms. The molecule has 5 N–H and O–H groups in total. The number of amides is 2. The maximum atomic E-state index is 13.6. The summed E-state index contributed by atoms with van der Waals surface area (Å²) in [7, 11) is 1.75. The summed E-state index contributed by atoms with van der Waals surface area (Å²) >= 11 is 8.21. The van der Waals surface area contributed by atoms with Crippen molar-refractivity contribution in [2.75, 3.05) is 33.3 Å². The Morgan fingerprint density at radius 2 is 1.91 bits per heavy atom. The van der Waals surface area contributed by atoms with Crippen molar-refractivity contribution in [3.05, 3.63) is 0 Å². The fourth-order valence-corrected chi connectivity index (χ4v) is 8.61. The summed E-state index contributed by atoms with van der Waals surface area (Å²) in [5.41, 5.74) is -0.227. The third kappa shape index (κ3) is 5.63. The Bertz CT molecular complexity index is 789. The number of piperidine rings is 2. The zero-order valence-corrected chi connectivity index (χ0v) is 22.2. The molecule has 0 bridgehead atoms. The number of thioether (sulfide) groups is 1. The van der Waals surface area contributed by atoms with E-state index in [0.717, 1.165) is 32.1 Å². The van der Waals surface area contributed by atoms with E-state index in [-0.39, 0.29) is 58.7 Å². The van der Waals surface area contributed by atoms with Crippen LogP contribution in [0.15, 0.2) is 0 Å². The first-order chi connectivity index (χ1) is 16.8. The molecule has 11 heteroatoms. The molecule has 0 aromatic heterocycles. The van der Waals surface area contributed by atoms with Gasteiger partial charge in [0.1, 0.15) is 5.50 Å². The van der Waals surface area contributed by atoms with Gasteiger partial charge in [0.25, 0.3) is 0 Å². The average molecular weight is 530 g/mol. The van der Waals surface area contributed by atoms with Crippen molar-refractivity contribution in [1.29, 1.82) is 0 Å². The number of ether oxygens (including phenoxy) is 1. The minimum absolute atomic E-state index is 0.0234. The maximum absolute atomic E-state index is 13.6. The summed E-state index contributed by atoms with van der Waals surface area (Å²) in [6, 6.07) is 0.671. The lowest BCUT2D eigenvalue weighted by atomic mass is 9.70. The number of likely N-dealkylation sites (tertiary alicyclic amines) is 1. The number of β-amino-alcohol motifs (C(OH)–C–C–N with tert-alkyl or cyclic N) is 1. The molecule has 5 rings (SSSR count). The maximum Gasteiger partial charge on any atom is 0.226 e. The molecule has 198 valence electrons. The number of nitrogens with one attached hydrogen (secondary N) is 4. The molecule has 5 fully saturated rings. The van der Waals surface area contributed by atoms with Gasteiger partial charge in [-0.15, -0.1) is 23.4 Å². The third-order valence-electron chi connectivity index (χ3n) is 8.78. The highest BCUT2D eigenvalue weighted by molar-refractivity contribution is 8.00. The Morgan fingerprint density at radius 1 is 1.11 bits per heavy atom. The molecule has 0 spiro atoms. The van der Waals surface area contributed by atoms with E-state index in [1.165, 1.54) is 0 Å². The van der Waals surface area contributed by atoms with Crippen LogP contribution in [-0.2, 0) is 14.3 Å². The number of aliphatic hydroxyl groups excluding tert-OH is 1. The van der Waals surface area contributed by atoms with Crippen LogP contribution in [0.3, 0.4) is 0 Å². The molecular weight excluding hydrogens is 490 g/mol. The van der Waals surface area contributed by atoms with E-state index in [2.05, 4.69) is 28.2 Å².